The Morgan fingerprint density at radius 1 is 1.26 bits per heavy atom. The summed E-state index contributed by atoms with van der Waals surface area (Å²) in [6.45, 7) is 14.0. The van der Waals surface area contributed by atoms with Gasteiger partial charge in [-0.05, 0) is 64.3 Å². The van der Waals surface area contributed by atoms with Crippen LogP contribution in [0.1, 0.15) is 52.0 Å². The minimum atomic E-state index is 0. The molecule has 0 aliphatic carbocycles. The van der Waals surface area contributed by atoms with Crippen molar-refractivity contribution in [2.45, 2.75) is 65.1 Å². The summed E-state index contributed by atoms with van der Waals surface area (Å²) >= 11 is 0. The van der Waals surface area contributed by atoms with E-state index in [-0.39, 0.29) is 30.1 Å². The lowest BCUT2D eigenvalue weighted by molar-refractivity contribution is 0.0529. The number of pyridine rings is 1. The summed E-state index contributed by atoms with van der Waals surface area (Å²) in [5.74, 6) is 1.91. The molecule has 2 aliphatic heterocycles. The maximum atomic E-state index is 5.65. The van der Waals surface area contributed by atoms with E-state index in [1.54, 1.807) is 0 Å². The highest BCUT2D eigenvalue weighted by Gasteiger charge is 2.18. The Hall–Kier alpha value is -1.13. The molecular weight excluding hydrogens is 503 g/mol. The predicted molar refractivity (Wildman–Crippen MR) is 140 cm³/mol. The van der Waals surface area contributed by atoms with Crippen molar-refractivity contribution < 1.29 is 4.74 Å². The molecule has 0 aromatic carbocycles. The number of likely N-dealkylation sites (tertiary alicyclic amines) is 1. The minimum absolute atomic E-state index is 0. The van der Waals surface area contributed by atoms with Gasteiger partial charge in [0.15, 0.2) is 5.96 Å². The first-order chi connectivity index (χ1) is 14.7. The molecule has 0 radical (unpaired) electrons. The van der Waals surface area contributed by atoms with Gasteiger partial charge in [-0.2, -0.15) is 0 Å². The number of anilines is 1. The summed E-state index contributed by atoms with van der Waals surface area (Å²) in [4.78, 5) is 14.3. The van der Waals surface area contributed by atoms with E-state index >= 15 is 0 Å². The Morgan fingerprint density at radius 3 is 2.90 bits per heavy atom. The van der Waals surface area contributed by atoms with Crippen LogP contribution >= 0.6 is 24.0 Å². The van der Waals surface area contributed by atoms with Crippen molar-refractivity contribution in [3.05, 3.63) is 23.9 Å². The monoisotopic (exact) mass is 544 g/mol. The van der Waals surface area contributed by atoms with E-state index in [0.717, 1.165) is 57.0 Å². The average Bonchev–Trinajstić information content (AvgIpc) is 2.76. The van der Waals surface area contributed by atoms with Crippen LogP contribution in [0.25, 0.3) is 0 Å². The topological polar surface area (TPSA) is 65.0 Å². The molecule has 3 heterocycles. The van der Waals surface area contributed by atoms with Crippen LogP contribution in [0.2, 0.25) is 0 Å². The van der Waals surface area contributed by atoms with Gasteiger partial charge in [0.25, 0.3) is 0 Å². The lowest BCUT2D eigenvalue weighted by Gasteiger charge is -2.33. The summed E-state index contributed by atoms with van der Waals surface area (Å²) in [6, 6.07) is 4.94. The predicted octanol–water partition coefficient (Wildman–Crippen LogP) is 3.24. The van der Waals surface area contributed by atoms with Crippen molar-refractivity contribution in [3.63, 3.8) is 0 Å². The van der Waals surface area contributed by atoms with E-state index in [2.05, 4.69) is 58.3 Å². The van der Waals surface area contributed by atoms with E-state index in [4.69, 9.17) is 9.73 Å². The van der Waals surface area contributed by atoms with E-state index in [1.165, 1.54) is 37.9 Å². The number of halogens is 1. The lowest BCUT2D eigenvalue weighted by Crippen LogP contribution is -2.41. The third-order valence-electron chi connectivity index (χ3n) is 5.99. The van der Waals surface area contributed by atoms with Crippen molar-refractivity contribution in [2.75, 3.05) is 50.8 Å². The van der Waals surface area contributed by atoms with Crippen molar-refractivity contribution >= 4 is 35.8 Å². The van der Waals surface area contributed by atoms with Gasteiger partial charge in [0.2, 0.25) is 0 Å². The summed E-state index contributed by atoms with van der Waals surface area (Å²) in [7, 11) is 0. The Bertz CT molecular complexity index is 673. The number of piperidine rings is 1. The maximum Gasteiger partial charge on any atom is 0.191 e. The number of morpholine rings is 1. The van der Waals surface area contributed by atoms with Crippen molar-refractivity contribution in [1.29, 1.82) is 0 Å². The second-order valence-corrected chi connectivity index (χ2v) is 8.51. The van der Waals surface area contributed by atoms with E-state index in [9.17, 15) is 0 Å². The molecule has 2 saturated heterocycles. The molecule has 31 heavy (non-hydrogen) atoms. The summed E-state index contributed by atoms with van der Waals surface area (Å²) in [5.41, 5.74) is 1.18. The van der Waals surface area contributed by atoms with Gasteiger partial charge in [0.05, 0.1) is 19.3 Å². The first-order valence-corrected chi connectivity index (χ1v) is 11.7. The fourth-order valence-corrected chi connectivity index (χ4v) is 4.25. The number of ether oxygens (including phenoxy) is 1. The molecule has 2 atom stereocenters. The largest absolute Gasteiger partial charge is 0.375 e. The van der Waals surface area contributed by atoms with Crippen LogP contribution in [0.4, 0.5) is 5.82 Å². The molecule has 0 amide bonds. The molecule has 176 valence electrons. The van der Waals surface area contributed by atoms with Crippen LogP contribution < -0.4 is 15.5 Å². The highest BCUT2D eigenvalue weighted by Crippen LogP contribution is 2.17. The first-order valence-electron chi connectivity index (χ1n) is 11.7. The molecule has 0 saturated carbocycles. The Kier molecular flexibility index (Phi) is 11.9. The zero-order valence-corrected chi connectivity index (χ0v) is 21.8. The Labute approximate surface area is 205 Å². The van der Waals surface area contributed by atoms with E-state index in [0.29, 0.717) is 6.54 Å². The van der Waals surface area contributed by atoms with Crippen LogP contribution in [0, 0.1) is 0 Å². The first kappa shape index (κ1) is 26.1. The number of nitrogens with one attached hydrogen (secondary N) is 2. The van der Waals surface area contributed by atoms with E-state index < -0.39 is 0 Å². The van der Waals surface area contributed by atoms with Crippen LogP contribution in [0.3, 0.4) is 0 Å². The Morgan fingerprint density at radius 2 is 2.13 bits per heavy atom. The zero-order chi connectivity index (χ0) is 21.2. The van der Waals surface area contributed by atoms with Gasteiger partial charge in [-0.1, -0.05) is 6.42 Å². The number of aromatic nitrogens is 1. The summed E-state index contributed by atoms with van der Waals surface area (Å²) in [6.07, 6.45) is 7.35. The number of rotatable bonds is 8. The molecular formula is C23H41IN6O. The van der Waals surface area contributed by atoms with Gasteiger partial charge in [0.1, 0.15) is 5.82 Å². The van der Waals surface area contributed by atoms with Crippen LogP contribution in [-0.2, 0) is 11.3 Å². The molecule has 0 bridgehead atoms. The number of nitrogens with zero attached hydrogens (tertiary/aromatic N) is 4. The number of hydrogen-bond acceptors (Lipinski definition) is 5. The second kappa shape index (κ2) is 14.1. The second-order valence-electron chi connectivity index (χ2n) is 8.51. The molecule has 2 unspecified atom stereocenters. The number of hydrogen-bond donors (Lipinski definition) is 2. The fraction of sp³-hybridized carbons (Fsp3) is 0.739. The molecule has 1 aromatic heterocycles. The summed E-state index contributed by atoms with van der Waals surface area (Å²) < 4.78 is 5.65. The van der Waals surface area contributed by atoms with E-state index in [1.807, 2.05) is 6.20 Å². The SMILES string of the molecule is CCNC(=NCc1ccnc(N2CCOC(C)C2)c1)NCCCN1CCCCC1C.I. The quantitative estimate of drug-likeness (QED) is 0.227. The minimum Gasteiger partial charge on any atom is -0.375 e. The van der Waals surface area contributed by atoms with Crippen molar-refractivity contribution in [3.8, 4) is 0 Å². The molecule has 8 heteroatoms. The molecule has 0 spiro atoms. The molecule has 2 aliphatic rings. The van der Waals surface area contributed by atoms with Gasteiger partial charge in [-0.25, -0.2) is 9.98 Å². The van der Waals surface area contributed by atoms with Crippen molar-refractivity contribution in [1.82, 2.24) is 20.5 Å². The summed E-state index contributed by atoms with van der Waals surface area (Å²) in [5, 5.41) is 6.87. The standard InChI is InChI=1S/C23H40N6O.HI/c1-4-24-23(26-10-7-13-28-12-6-5-8-19(28)2)27-17-21-9-11-25-22(16-21)29-14-15-30-20(3)18-29;/h9,11,16,19-20H,4-8,10,12-15,17-18H2,1-3H3,(H2,24,26,27);1H. The third-order valence-corrected chi connectivity index (χ3v) is 5.99. The fourth-order valence-electron chi connectivity index (χ4n) is 4.25. The number of aliphatic imine (C=N–C) groups is 1. The molecule has 7 nitrogen and oxygen atoms in total. The Balaban J connectivity index is 0.00000341. The normalized spacial score (nSPS) is 22.7. The molecule has 2 fully saturated rings. The zero-order valence-electron chi connectivity index (χ0n) is 19.5. The van der Waals surface area contributed by atoms with Gasteiger partial charge in [-0.3, -0.25) is 0 Å². The van der Waals surface area contributed by atoms with Gasteiger partial charge in [-0.15, -0.1) is 24.0 Å². The van der Waals surface area contributed by atoms with Crippen LogP contribution in [-0.4, -0.2) is 73.9 Å². The highest BCUT2D eigenvalue weighted by molar-refractivity contribution is 14.0. The molecule has 1 aromatic rings. The van der Waals surface area contributed by atoms with Crippen LogP contribution in [0.15, 0.2) is 23.3 Å². The lowest BCUT2D eigenvalue weighted by atomic mass is 10.0. The maximum absolute atomic E-state index is 5.65. The average molecular weight is 545 g/mol. The number of guanidine groups is 1. The van der Waals surface area contributed by atoms with Gasteiger partial charge < -0.3 is 25.2 Å². The van der Waals surface area contributed by atoms with Crippen molar-refractivity contribution in [2.24, 2.45) is 4.99 Å². The third kappa shape index (κ3) is 8.73. The van der Waals surface area contributed by atoms with Gasteiger partial charge in [0, 0.05) is 45.0 Å². The van der Waals surface area contributed by atoms with Crippen LogP contribution in [0.5, 0.6) is 0 Å². The highest BCUT2D eigenvalue weighted by atomic mass is 127. The van der Waals surface area contributed by atoms with Gasteiger partial charge >= 0.3 is 0 Å². The molecule has 3 rings (SSSR count). The smallest absolute Gasteiger partial charge is 0.191 e. The molecule has 2 N–H and O–H groups in total.